The summed E-state index contributed by atoms with van der Waals surface area (Å²) in [5.74, 6) is 0.222. The molecule has 1 saturated heterocycles. The zero-order valence-electron chi connectivity index (χ0n) is 8.30. The van der Waals surface area contributed by atoms with Crippen molar-refractivity contribution in [3.05, 3.63) is 0 Å². The summed E-state index contributed by atoms with van der Waals surface area (Å²) in [6.45, 7) is 4.18. The Balaban J connectivity index is 2.63. The summed E-state index contributed by atoms with van der Waals surface area (Å²) in [5, 5.41) is 19.2. The highest BCUT2D eigenvalue weighted by Crippen LogP contribution is 2.22. The van der Waals surface area contributed by atoms with Crippen molar-refractivity contribution in [3.63, 3.8) is 0 Å². The second-order valence-electron chi connectivity index (χ2n) is 3.80. The molecule has 4 nitrogen and oxygen atoms in total. The minimum absolute atomic E-state index is 0.222. The highest BCUT2D eigenvalue weighted by atomic mass is 16.6. The van der Waals surface area contributed by atoms with Crippen LogP contribution in [0.5, 0.6) is 0 Å². The second-order valence-corrected chi connectivity index (χ2v) is 3.80. The quantitative estimate of drug-likeness (QED) is 0.632. The number of hydrogen-bond donors (Lipinski definition) is 2. The summed E-state index contributed by atoms with van der Waals surface area (Å²) in [5.41, 5.74) is 0. The van der Waals surface area contributed by atoms with Gasteiger partial charge in [-0.1, -0.05) is 13.8 Å². The van der Waals surface area contributed by atoms with Gasteiger partial charge in [-0.15, -0.1) is 0 Å². The summed E-state index contributed by atoms with van der Waals surface area (Å²) >= 11 is 0. The van der Waals surface area contributed by atoms with Crippen LogP contribution >= 0.6 is 0 Å². The standard InChI is InChI=1S/C9H18O4/c1-5(2)8-7(11)9(12-3)6(10)4-13-8/h5-11H,4H2,1-3H3/t6-,7+,8-,9+/m1/s1. The Kier molecular flexibility index (Phi) is 3.67. The van der Waals surface area contributed by atoms with Crippen LogP contribution in [0.2, 0.25) is 0 Å². The third-order valence-corrected chi connectivity index (χ3v) is 2.44. The zero-order valence-corrected chi connectivity index (χ0v) is 8.30. The molecule has 0 aromatic rings. The summed E-state index contributed by atoms with van der Waals surface area (Å²) in [6, 6.07) is 0. The Hall–Kier alpha value is -0.160. The van der Waals surface area contributed by atoms with Crippen molar-refractivity contribution in [2.45, 2.75) is 38.3 Å². The van der Waals surface area contributed by atoms with Gasteiger partial charge < -0.3 is 19.7 Å². The predicted octanol–water partition coefficient (Wildman–Crippen LogP) is -0.222. The molecule has 13 heavy (non-hydrogen) atoms. The van der Waals surface area contributed by atoms with E-state index in [1.807, 2.05) is 13.8 Å². The summed E-state index contributed by atoms with van der Waals surface area (Å²) in [4.78, 5) is 0. The van der Waals surface area contributed by atoms with Crippen molar-refractivity contribution in [1.29, 1.82) is 0 Å². The average Bonchev–Trinajstić information content (AvgIpc) is 2.04. The van der Waals surface area contributed by atoms with Crippen molar-refractivity contribution in [1.82, 2.24) is 0 Å². The maximum Gasteiger partial charge on any atom is 0.114 e. The first-order valence-corrected chi connectivity index (χ1v) is 4.58. The van der Waals surface area contributed by atoms with Gasteiger partial charge in [-0.05, 0) is 5.92 Å². The van der Waals surface area contributed by atoms with Crippen LogP contribution in [0, 0.1) is 5.92 Å². The van der Waals surface area contributed by atoms with E-state index in [1.54, 1.807) is 0 Å². The van der Waals surface area contributed by atoms with Gasteiger partial charge in [-0.3, -0.25) is 0 Å². The smallest absolute Gasteiger partial charge is 0.114 e. The van der Waals surface area contributed by atoms with Gasteiger partial charge >= 0.3 is 0 Å². The summed E-state index contributed by atoms with van der Waals surface area (Å²) in [6.07, 6.45) is -2.24. The van der Waals surface area contributed by atoms with Crippen LogP contribution in [-0.2, 0) is 9.47 Å². The highest BCUT2D eigenvalue weighted by Gasteiger charge is 2.39. The van der Waals surface area contributed by atoms with Crippen molar-refractivity contribution >= 4 is 0 Å². The van der Waals surface area contributed by atoms with Crippen LogP contribution < -0.4 is 0 Å². The Bertz CT molecular complexity index is 158. The van der Waals surface area contributed by atoms with Gasteiger partial charge in [0.1, 0.15) is 18.3 Å². The summed E-state index contributed by atoms with van der Waals surface area (Å²) < 4.78 is 10.3. The van der Waals surface area contributed by atoms with Crippen molar-refractivity contribution in [3.8, 4) is 0 Å². The number of aliphatic hydroxyl groups is 2. The Labute approximate surface area is 78.5 Å². The number of methoxy groups -OCH3 is 1. The van der Waals surface area contributed by atoms with Gasteiger partial charge in [0.05, 0.1) is 12.7 Å². The van der Waals surface area contributed by atoms with E-state index in [0.29, 0.717) is 0 Å². The molecule has 0 amide bonds. The minimum atomic E-state index is -0.742. The van der Waals surface area contributed by atoms with Crippen LogP contribution in [0.15, 0.2) is 0 Å². The van der Waals surface area contributed by atoms with Gasteiger partial charge in [-0.2, -0.15) is 0 Å². The molecule has 0 aromatic heterocycles. The molecule has 4 heteroatoms. The van der Waals surface area contributed by atoms with E-state index < -0.39 is 18.3 Å². The van der Waals surface area contributed by atoms with Crippen LogP contribution in [-0.4, -0.2) is 48.3 Å². The number of hydrogen-bond acceptors (Lipinski definition) is 4. The topological polar surface area (TPSA) is 58.9 Å². The van der Waals surface area contributed by atoms with E-state index in [-0.39, 0.29) is 18.6 Å². The van der Waals surface area contributed by atoms with E-state index in [0.717, 1.165) is 0 Å². The van der Waals surface area contributed by atoms with Crippen molar-refractivity contribution in [2.24, 2.45) is 5.92 Å². The minimum Gasteiger partial charge on any atom is -0.388 e. The Morgan fingerprint density at radius 2 is 2.00 bits per heavy atom. The van der Waals surface area contributed by atoms with Crippen LogP contribution in [0.4, 0.5) is 0 Å². The molecule has 0 radical (unpaired) electrons. The molecule has 78 valence electrons. The maximum atomic E-state index is 9.76. The molecular weight excluding hydrogens is 172 g/mol. The van der Waals surface area contributed by atoms with Gasteiger partial charge in [0, 0.05) is 7.11 Å². The number of ether oxygens (including phenoxy) is 2. The van der Waals surface area contributed by atoms with Crippen molar-refractivity contribution in [2.75, 3.05) is 13.7 Å². The third-order valence-electron chi connectivity index (χ3n) is 2.44. The highest BCUT2D eigenvalue weighted by molar-refractivity contribution is 4.88. The molecule has 1 heterocycles. The lowest BCUT2D eigenvalue weighted by Gasteiger charge is -2.38. The molecule has 0 aliphatic carbocycles. The molecule has 0 bridgehead atoms. The molecule has 4 atom stereocenters. The lowest BCUT2D eigenvalue weighted by molar-refractivity contribution is -0.205. The maximum absolute atomic E-state index is 9.76. The molecule has 2 N–H and O–H groups in total. The molecule has 0 spiro atoms. The molecule has 0 unspecified atom stereocenters. The average molecular weight is 190 g/mol. The largest absolute Gasteiger partial charge is 0.388 e. The first kappa shape index (κ1) is 10.9. The van der Waals surface area contributed by atoms with E-state index in [1.165, 1.54) is 7.11 Å². The number of aliphatic hydroxyl groups excluding tert-OH is 2. The second kappa shape index (κ2) is 4.37. The lowest BCUT2D eigenvalue weighted by atomic mass is 9.92. The normalized spacial score (nSPS) is 41.1. The van der Waals surface area contributed by atoms with Crippen LogP contribution in [0.25, 0.3) is 0 Å². The fourth-order valence-corrected chi connectivity index (χ4v) is 1.70. The van der Waals surface area contributed by atoms with E-state index in [9.17, 15) is 10.2 Å². The summed E-state index contributed by atoms with van der Waals surface area (Å²) in [7, 11) is 1.49. The molecule has 1 rings (SSSR count). The zero-order chi connectivity index (χ0) is 10.0. The van der Waals surface area contributed by atoms with E-state index >= 15 is 0 Å². The lowest BCUT2D eigenvalue weighted by Crippen LogP contribution is -2.55. The Morgan fingerprint density at radius 3 is 2.46 bits per heavy atom. The van der Waals surface area contributed by atoms with Gasteiger partial charge in [0.2, 0.25) is 0 Å². The predicted molar refractivity (Wildman–Crippen MR) is 47.4 cm³/mol. The molecule has 0 aromatic carbocycles. The number of rotatable bonds is 2. The monoisotopic (exact) mass is 190 g/mol. The van der Waals surface area contributed by atoms with Crippen LogP contribution in [0.3, 0.4) is 0 Å². The van der Waals surface area contributed by atoms with E-state index in [2.05, 4.69) is 0 Å². The fourth-order valence-electron chi connectivity index (χ4n) is 1.70. The Morgan fingerprint density at radius 1 is 1.38 bits per heavy atom. The van der Waals surface area contributed by atoms with E-state index in [4.69, 9.17) is 9.47 Å². The molecular formula is C9H18O4. The van der Waals surface area contributed by atoms with Gasteiger partial charge in [-0.25, -0.2) is 0 Å². The third kappa shape index (κ3) is 2.20. The molecule has 1 aliphatic heterocycles. The molecule has 0 saturated carbocycles. The van der Waals surface area contributed by atoms with Gasteiger partial charge in [0.15, 0.2) is 0 Å². The van der Waals surface area contributed by atoms with Crippen LogP contribution in [0.1, 0.15) is 13.8 Å². The van der Waals surface area contributed by atoms with Gasteiger partial charge in [0.25, 0.3) is 0 Å². The molecule has 1 aliphatic rings. The fraction of sp³-hybridized carbons (Fsp3) is 1.00. The first-order chi connectivity index (χ1) is 6.07. The van der Waals surface area contributed by atoms with Crippen molar-refractivity contribution < 1.29 is 19.7 Å². The SMILES string of the molecule is CO[C@@H]1[C@@H](O)[C@@H](C(C)C)OC[C@H]1O. The molecule has 1 fully saturated rings. The first-order valence-electron chi connectivity index (χ1n) is 4.58.